The fourth-order valence-electron chi connectivity index (χ4n) is 2.39. The van der Waals surface area contributed by atoms with Crippen molar-refractivity contribution in [1.29, 1.82) is 0 Å². The van der Waals surface area contributed by atoms with E-state index < -0.39 is 0 Å². The predicted octanol–water partition coefficient (Wildman–Crippen LogP) is 4.39. The highest BCUT2D eigenvalue weighted by Gasteiger charge is 2.12. The van der Waals surface area contributed by atoms with Crippen LogP contribution >= 0.6 is 11.6 Å². The number of aromatic nitrogens is 2. The number of nitrogens with one attached hydrogen (secondary N) is 2. The number of carbonyl (C=O) groups excluding carboxylic acids is 1. The van der Waals surface area contributed by atoms with Gasteiger partial charge in [0.2, 0.25) is 5.95 Å². The van der Waals surface area contributed by atoms with Crippen LogP contribution in [0.3, 0.4) is 0 Å². The third-order valence-electron chi connectivity index (χ3n) is 3.69. The van der Waals surface area contributed by atoms with Crippen LogP contribution in [0.1, 0.15) is 23.0 Å². The van der Waals surface area contributed by atoms with Gasteiger partial charge in [-0.2, -0.15) is 0 Å². The largest absolute Gasteiger partial charge is 0.492 e. The van der Waals surface area contributed by atoms with Crippen molar-refractivity contribution < 1.29 is 9.53 Å². The molecule has 1 heterocycles. The van der Waals surface area contributed by atoms with Crippen LogP contribution in [-0.2, 0) is 6.54 Å². The van der Waals surface area contributed by atoms with Crippen molar-refractivity contribution in [2.75, 3.05) is 17.2 Å². The van der Waals surface area contributed by atoms with Crippen LogP contribution in [0, 0.1) is 0 Å². The fourth-order valence-corrected chi connectivity index (χ4v) is 2.52. The minimum absolute atomic E-state index is 0.259. The number of para-hydroxylation sites is 2. The summed E-state index contributed by atoms with van der Waals surface area (Å²) >= 11 is 5.88. The highest BCUT2D eigenvalue weighted by atomic mass is 35.5. The Hall–Kier alpha value is -3.12. The molecule has 0 saturated heterocycles. The first-order chi connectivity index (χ1) is 13.2. The van der Waals surface area contributed by atoms with Gasteiger partial charge in [0.15, 0.2) is 0 Å². The average molecular weight is 383 g/mol. The van der Waals surface area contributed by atoms with Crippen molar-refractivity contribution in [3.05, 3.63) is 77.1 Å². The Morgan fingerprint density at radius 1 is 1.11 bits per heavy atom. The Balaban J connectivity index is 1.67. The van der Waals surface area contributed by atoms with Gasteiger partial charge in [0.1, 0.15) is 11.4 Å². The van der Waals surface area contributed by atoms with E-state index in [-0.39, 0.29) is 11.6 Å². The first kappa shape index (κ1) is 18.7. The molecule has 0 spiro atoms. The van der Waals surface area contributed by atoms with Crippen molar-refractivity contribution in [2.24, 2.45) is 0 Å². The SMILES string of the molecule is CCOc1ccccc1NC(=O)c1ccnc(NCc2ccc(Cl)cc2)n1. The fraction of sp³-hybridized carbons (Fsp3) is 0.150. The van der Waals surface area contributed by atoms with Crippen LogP contribution < -0.4 is 15.4 Å². The van der Waals surface area contributed by atoms with Crippen molar-refractivity contribution in [1.82, 2.24) is 9.97 Å². The van der Waals surface area contributed by atoms with Crippen molar-refractivity contribution in [3.63, 3.8) is 0 Å². The van der Waals surface area contributed by atoms with Gasteiger partial charge in [-0.05, 0) is 42.8 Å². The summed E-state index contributed by atoms with van der Waals surface area (Å²) < 4.78 is 5.52. The lowest BCUT2D eigenvalue weighted by Gasteiger charge is -2.11. The number of benzene rings is 2. The van der Waals surface area contributed by atoms with E-state index in [4.69, 9.17) is 16.3 Å². The number of nitrogens with zero attached hydrogens (tertiary/aromatic N) is 2. The molecular weight excluding hydrogens is 364 g/mol. The van der Waals surface area contributed by atoms with E-state index in [1.165, 1.54) is 0 Å². The van der Waals surface area contributed by atoms with Gasteiger partial charge in [0.05, 0.1) is 12.3 Å². The van der Waals surface area contributed by atoms with Gasteiger partial charge in [-0.25, -0.2) is 9.97 Å². The van der Waals surface area contributed by atoms with Crippen LogP contribution in [-0.4, -0.2) is 22.5 Å². The summed E-state index contributed by atoms with van der Waals surface area (Å²) in [7, 11) is 0. The zero-order chi connectivity index (χ0) is 19.1. The van der Waals surface area contributed by atoms with Gasteiger partial charge in [-0.15, -0.1) is 0 Å². The Labute approximate surface area is 162 Å². The number of hydrogen-bond donors (Lipinski definition) is 2. The summed E-state index contributed by atoms with van der Waals surface area (Å²) in [6.45, 7) is 2.93. The molecule has 0 unspecified atom stereocenters. The van der Waals surface area contributed by atoms with Crippen LogP contribution in [0.25, 0.3) is 0 Å². The molecular formula is C20H19ClN4O2. The van der Waals surface area contributed by atoms with Crippen molar-refractivity contribution in [2.45, 2.75) is 13.5 Å². The van der Waals surface area contributed by atoms with E-state index in [0.717, 1.165) is 5.56 Å². The van der Waals surface area contributed by atoms with Crippen molar-refractivity contribution in [3.8, 4) is 5.75 Å². The van der Waals surface area contributed by atoms with E-state index >= 15 is 0 Å². The summed E-state index contributed by atoms with van der Waals surface area (Å²) in [5.74, 6) is 0.651. The molecule has 0 aliphatic rings. The van der Waals surface area contributed by atoms with Crippen LogP contribution in [0.4, 0.5) is 11.6 Å². The number of hydrogen-bond acceptors (Lipinski definition) is 5. The maximum atomic E-state index is 12.5. The molecule has 3 aromatic rings. The molecule has 0 saturated carbocycles. The third-order valence-corrected chi connectivity index (χ3v) is 3.94. The number of anilines is 2. The molecule has 0 atom stereocenters. The Kier molecular flexibility index (Phi) is 6.22. The topological polar surface area (TPSA) is 76.1 Å². The van der Waals surface area contributed by atoms with Gasteiger partial charge in [0.25, 0.3) is 5.91 Å². The molecule has 3 rings (SSSR count). The number of halogens is 1. The molecule has 1 amide bonds. The molecule has 27 heavy (non-hydrogen) atoms. The number of carbonyl (C=O) groups is 1. The second kappa shape index (κ2) is 9.00. The minimum Gasteiger partial charge on any atom is -0.492 e. The van der Waals surface area contributed by atoms with E-state index in [2.05, 4.69) is 20.6 Å². The van der Waals surface area contributed by atoms with Gasteiger partial charge in [-0.3, -0.25) is 4.79 Å². The second-order valence-electron chi connectivity index (χ2n) is 5.63. The van der Waals surface area contributed by atoms with E-state index in [1.54, 1.807) is 24.4 Å². The highest BCUT2D eigenvalue weighted by molar-refractivity contribution is 6.30. The minimum atomic E-state index is -0.334. The smallest absolute Gasteiger partial charge is 0.274 e. The van der Waals surface area contributed by atoms with Gasteiger partial charge >= 0.3 is 0 Å². The second-order valence-corrected chi connectivity index (χ2v) is 6.07. The predicted molar refractivity (Wildman–Crippen MR) is 106 cm³/mol. The van der Waals surface area contributed by atoms with Crippen LogP contribution in [0.5, 0.6) is 5.75 Å². The highest BCUT2D eigenvalue weighted by Crippen LogP contribution is 2.24. The summed E-state index contributed by atoms with van der Waals surface area (Å²) in [6.07, 6.45) is 1.54. The third kappa shape index (κ3) is 5.18. The molecule has 0 fully saturated rings. The molecule has 2 aromatic carbocycles. The van der Waals surface area contributed by atoms with Gasteiger partial charge < -0.3 is 15.4 Å². The Bertz CT molecular complexity index is 916. The van der Waals surface area contributed by atoms with Crippen molar-refractivity contribution >= 4 is 29.1 Å². The normalized spacial score (nSPS) is 10.3. The molecule has 0 bridgehead atoms. The lowest BCUT2D eigenvalue weighted by atomic mass is 10.2. The lowest BCUT2D eigenvalue weighted by Crippen LogP contribution is -2.16. The first-order valence-electron chi connectivity index (χ1n) is 8.50. The summed E-state index contributed by atoms with van der Waals surface area (Å²) in [5, 5.41) is 6.60. The molecule has 0 radical (unpaired) electrons. The zero-order valence-electron chi connectivity index (χ0n) is 14.8. The molecule has 7 heteroatoms. The lowest BCUT2D eigenvalue weighted by molar-refractivity contribution is 0.102. The molecule has 2 N–H and O–H groups in total. The van der Waals surface area contributed by atoms with E-state index in [0.29, 0.717) is 35.6 Å². The average Bonchev–Trinajstić information content (AvgIpc) is 2.69. The summed E-state index contributed by atoms with van der Waals surface area (Å²) in [4.78, 5) is 21.0. The Morgan fingerprint density at radius 3 is 2.67 bits per heavy atom. The standard InChI is InChI=1S/C20H19ClN4O2/c1-2-27-18-6-4-3-5-16(18)24-19(26)17-11-12-22-20(25-17)23-13-14-7-9-15(21)10-8-14/h3-12H,2,13H2,1H3,(H,24,26)(H,22,23,25). The zero-order valence-corrected chi connectivity index (χ0v) is 15.5. The maximum Gasteiger partial charge on any atom is 0.274 e. The molecule has 6 nitrogen and oxygen atoms in total. The summed E-state index contributed by atoms with van der Waals surface area (Å²) in [6, 6.07) is 16.3. The molecule has 1 aromatic heterocycles. The molecule has 138 valence electrons. The van der Waals surface area contributed by atoms with Gasteiger partial charge in [-0.1, -0.05) is 35.9 Å². The first-order valence-corrected chi connectivity index (χ1v) is 8.88. The quantitative estimate of drug-likeness (QED) is 0.633. The monoisotopic (exact) mass is 382 g/mol. The summed E-state index contributed by atoms with van der Waals surface area (Å²) in [5.41, 5.74) is 1.89. The number of rotatable bonds is 7. The molecule has 0 aliphatic carbocycles. The Morgan fingerprint density at radius 2 is 1.89 bits per heavy atom. The number of ether oxygens (including phenoxy) is 1. The number of amides is 1. The van der Waals surface area contributed by atoms with E-state index in [1.807, 2.05) is 43.3 Å². The van der Waals surface area contributed by atoms with E-state index in [9.17, 15) is 4.79 Å². The van der Waals surface area contributed by atoms with Gasteiger partial charge in [0, 0.05) is 17.8 Å². The molecule has 0 aliphatic heterocycles. The maximum absolute atomic E-state index is 12.5. The van der Waals surface area contributed by atoms with Crippen LogP contribution in [0.2, 0.25) is 5.02 Å². The van der Waals surface area contributed by atoms with Crippen LogP contribution in [0.15, 0.2) is 60.8 Å².